The largest absolute Gasteiger partial charge is 0.349 e. The van der Waals surface area contributed by atoms with E-state index in [-0.39, 0.29) is 11.4 Å². The van der Waals surface area contributed by atoms with Gasteiger partial charge in [-0.2, -0.15) is 0 Å². The minimum Gasteiger partial charge on any atom is -0.349 e. The smallest absolute Gasteiger partial charge is 0.167 e. The lowest BCUT2D eigenvalue weighted by Gasteiger charge is -2.32. The van der Waals surface area contributed by atoms with Crippen molar-refractivity contribution < 1.29 is 4.39 Å². The van der Waals surface area contributed by atoms with Crippen molar-refractivity contribution in [2.45, 2.75) is 32.2 Å². The highest BCUT2D eigenvalue weighted by Gasteiger charge is 2.34. The van der Waals surface area contributed by atoms with E-state index in [9.17, 15) is 4.39 Å². The van der Waals surface area contributed by atoms with Crippen LogP contribution >= 0.6 is 11.6 Å². The second-order valence-electron chi connectivity index (χ2n) is 4.53. The molecule has 1 saturated heterocycles. The van der Waals surface area contributed by atoms with Gasteiger partial charge in [-0.05, 0) is 32.8 Å². The molecule has 82 valence electrons. The van der Waals surface area contributed by atoms with Gasteiger partial charge in [0.05, 0.1) is 5.02 Å². The highest BCUT2D eigenvalue weighted by atomic mass is 35.5. The van der Waals surface area contributed by atoms with Gasteiger partial charge >= 0.3 is 0 Å². The number of pyridine rings is 1. The molecule has 0 amide bonds. The zero-order chi connectivity index (χ0) is 11.1. The molecule has 1 aliphatic rings. The molecule has 2 rings (SSSR count). The zero-order valence-electron chi connectivity index (χ0n) is 8.93. The van der Waals surface area contributed by atoms with E-state index >= 15 is 0 Å². The van der Waals surface area contributed by atoms with E-state index in [2.05, 4.69) is 18.8 Å². The summed E-state index contributed by atoms with van der Waals surface area (Å²) in [6.45, 7) is 5.07. The van der Waals surface area contributed by atoms with Crippen LogP contribution in [0, 0.1) is 5.82 Å². The molecule has 1 aromatic rings. The predicted molar refractivity (Wildman–Crippen MR) is 59.9 cm³/mol. The molecule has 2 heterocycles. The zero-order valence-corrected chi connectivity index (χ0v) is 9.68. The third-order valence-electron chi connectivity index (χ3n) is 2.95. The summed E-state index contributed by atoms with van der Waals surface area (Å²) in [4.78, 5) is 6.09. The Hall–Kier alpha value is -0.830. The van der Waals surface area contributed by atoms with E-state index in [4.69, 9.17) is 11.6 Å². The van der Waals surface area contributed by atoms with Gasteiger partial charge in [-0.3, -0.25) is 0 Å². The van der Waals surface area contributed by atoms with Gasteiger partial charge in [0.1, 0.15) is 0 Å². The summed E-state index contributed by atoms with van der Waals surface area (Å²) in [7, 11) is 0. The number of nitrogens with zero attached hydrogens (tertiary/aromatic N) is 2. The number of anilines is 1. The first-order chi connectivity index (χ1) is 7.00. The standard InChI is InChI=1S/C11H14ClFN2/c1-11(2)4-3-5-15(11)10-9(13)6-8(12)7-14-10/h6-7H,3-5H2,1-2H3. The van der Waals surface area contributed by atoms with Crippen LogP contribution in [-0.4, -0.2) is 17.1 Å². The Kier molecular flexibility index (Phi) is 2.59. The molecule has 15 heavy (non-hydrogen) atoms. The first kappa shape index (κ1) is 10.7. The molecule has 0 bridgehead atoms. The fraction of sp³-hybridized carbons (Fsp3) is 0.545. The van der Waals surface area contributed by atoms with E-state index < -0.39 is 0 Å². The maximum Gasteiger partial charge on any atom is 0.167 e. The highest BCUT2D eigenvalue weighted by molar-refractivity contribution is 6.30. The predicted octanol–water partition coefficient (Wildman–Crippen LogP) is 3.25. The maximum atomic E-state index is 13.7. The molecule has 1 aliphatic heterocycles. The van der Waals surface area contributed by atoms with E-state index in [0.29, 0.717) is 10.8 Å². The molecule has 0 radical (unpaired) electrons. The summed E-state index contributed by atoms with van der Waals surface area (Å²) >= 11 is 5.67. The molecule has 1 fully saturated rings. The summed E-state index contributed by atoms with van der Waals surface area (Å²) < 4.78 is 13.7. The first-order valence-electron chi connectivity index (χ1n) is 5.09. The summed E-state index contributed by atoms with van der Waals surface area (Å²) in [5.74, 6) is 0.0828. The van der Waals surface area contributed by atoms with Gasteiger partial charge in [-0.25, -0.2) is 9.37 Å². The maximum absolute atomic E-state index is 13.7. The Morgan fingerprint density at radius 2 is 2.27 bits per heavy atom. The van der Waals surface area contributed by atoms with E-state index in [1.807, 2.05) is 4.90 Å². The molecule has 0 spiro atoms. The van der Waals surface area contributed by atoms with Gasteiger partial charge in [0, 0.05) is 18.3 Å². The van der Waals surface area contributed by atoms with Gasteiger partial charge in [0.15, 0.2) is 11.6 Å². The fourth-order valence-electron chi connectivity index (χ4n) is 2.11. The van der Waals surface area contributed by atoms with E-state index in [0.717, 1.165) is 19.4 Å². The summed E-state index contributed by atoms with van der Waals surface area (Å²) in [5.41, 5.74) is -0.0122. The third-order valence-corrected chi connectivity index (χ3v) is 3.15. The number of hydrogen-bond donors (Lipinski definition) is 0. The topological polar surface area (TPSA) is 16.1 Å². The highest BCUT2D eigenvalue weighted by Crippen LogP contribution is 2.34. The lowest BCUT2D eigenvalue weighted by atomic mass is 10.0. The van der Waals surface area contributed by atoms with Crippen LogP contribution in [0.4, 0.5) is 10.2 Å². The molecular weight excluding hydrogens is 215 g/mol. The van der Waals surface area contributed by atoms with Crippen molar-refractivity contribution in [2.24, 2.45) is 0 Å². The summed E-state index contributed by atoms with van der Waals surface area (Å²) in [6, 6.07) is 1.32. The molecule has 1 aromatic heterocycles. The Morgan fingerprint density at radius 1 is 1.53 bits per heavy atom. The number of rotatable bonds is 1. The molecule has 0 saturated carbocycles. The molecule has 0 N–H and O–H groups in total. The molecule has 4 heteroatoms. The van der Waals surface area contributed by atoms with Crippen LogP contribution in [0.1, 0.15) is 26.7 Å². The van der Waals surface area contributed by atoms with Crippen molar-refractivity contribution in [1.82, 2.24) is 4.98 Å². The van der Waals surface area contributed by atoms with Gasteiger partial charge in [-0.15, -0.1) is 0 Å². The van der Waals surface area contributed by atoms with Crippen LogP contribution in [0.5, 0.6) is 0 Å². The second kappa shape index (κ2) is 3.63. The van der Waals surface area contributed by atoms with Gasteiger partial charge in [0.2, 0.25) is 0 Å². The third kappa shape index (κ3) is 1.93. The van der Waals surface area contributed by atoms with Gasteiger partial charge < -0.3 is 4.90 Å². The van der Waals surface area contributed by atoms with E-state index in [1.165, 1.54) is 12.3 Å². The van der Waals surface area contributed by atoms with Crippen molar-refractivity contribution in [3.05, 3.63) is 23.1 Å². The van der Waals surface area contributed by atoms with Crippen molar-refractivity contribution in [3.8, 4) is 0 Å². The molecule has 0 unspecified atom stereocenters. The van der Waals surface area contributed by atoms with Crippen LogP contribution < -0.4 is 4.90 Å². The number of halogens is 2. The Bertz CT molecular complexity index is 379. The Labute approximate surface area is 94.1 Å². The Morgan fingerprint density at radius 3 is 2.80 bits per heavy atom. The molecule has 2 nitrogen and oxygen atoms in total. The van der Waals surface area contributed by atoms with Crippen LogP contribution in [0.3, 0.4) is 0 Å². The molecular formula is C11H14ClFN2. The lowest BCUT2D eigenvalue weighted by molar-refractivity contribution is 0.501. The minimum absolute atomic E-state index is 0.0122. The Balaban J connectivity index is 2.37. The average Bonchev–Trinajstić information content (AvgIpc) is 2.46. The van der Waals surface area contributed by atoms with Crippen LogP contribution in [-0.2, 0) is 0 Å². The van der Waals surface area contributed by atoms with Crippen LogP contribution in [0.2, 0.25) is 5.02 Å². The number of hydrogen-bond acceptors (Lipinski definition) is 2. The normalized spacial score (nSPS) is 19.6. The monoisotopic (exact) mass is 228 g/mol. The van der Waals surface area contributed by atoms with Gasteiger partial charge in [0.25, 0.3) is 0 Å². The quantitative estimate of drug-likeness (QED) is 0.734. The molecule has 0 atom stereocenters. The number of aromatic nitrogens is 1. The van der Waals surface area contributed by atoms with Crippen LogP contribution in [0.15, 0.2) is 12.3 Å². The lowest BCUT2D eigenvalue weighted by Crippen LogP contribution is -2.39. The minimum atomic E-state index is -0.336. The van der Waals surface area contributed by atoms with E-state index in [1.54, 1.807) is 0 Å². The second-order valence-corrected chi connectivity index (χ2v) is 4.96. The van der Waals surface area contributed by atoms with Gasteiger partial charge in [-0.1, -0.05) is 11.6 Å². The average molecular weight is 229 g/mol. The van der Waals surface area contributed by atoms with Crippen molar-refractivity contribution in [3.63, 3.8) is 0 Å². The summed E-state index contributed by atoms with van der Waals surface area (Å²) in [6.07, 6.45) is 3.64. The fourth-order valence-corrected chi connectivity index (χ4v) is 2.25. The van der Waals surface area contributed by atoms with Crippen LogP contribution in [0.25, 0.3) is 0 Å². The molecule has 0 aliphatic carbocycles. The first-order valence-corrected chi connectivity index (χ1v) is 5.47. The molecule has 0 aromatic carbocycles. The SMILES string of the molecule is CC1(C)CCCN1c1ncc(Cl)cc1F. The van der Waals surface area contributed by atoms with Crippen molar-refractivity contribution in [2.75, 3.05) is 11.4 Å². The summed E-state index contributed by atoms with van der Waals surface area (Å²) in [5, 5.41) is 0.341. The van der Waals surface area contributed by atoms with Crippen molar-refractivity contribution >= 4 is 17.4 Å². The van der Waals surface area contributed by atoms with Crippen molar-refractivity contribution in [1.29, 1.82) is 0 Å².